The molecule has 59 heavy (non-hydrogen) atoms. The lowest BCUT2D eigenvalue weighted by Crippen LogP contribution is -2.28. The molecule has 0 atom stereocenters. The molecular weight excluding hydrogens is 715 g/mol. The first kappa shape index (κ1) is 37.9. The maximum Gasteiger partial charge on any atom is 0.127 e. The Kier molecular flexibility index (Phi) is 9.40. The Hall–Kier alpha value is -6.64. The number of hydrogen-bond acceptors (Lipinski definition) is 1. The number of ether oxygens (including phenoxy) is 1. The fourth-order valence-electron chi connectivity index (χ4n) is 9.73. The van der Waals surface area contributed by atoms with Crippen molar-refractivity contribution in [3.8, 4) is 94.9 Å². The van der Waals surface area contributed by atoms with Gasteiger partial charge in [-0.2, -0.15) is 0 Å². The van der Waals surface area contributed by atoms with Crippen LogP contribution in [-0.4, -0.2) is 7.11 Å². The Bertz CT molecular complexity index is 2890. The van der Waals surface area contributed by atoms with Crippen LogP contribution in [-0.2, 0) is 0 Å². The molecule has 0 spiro atoms. The summed E-state index contributed by atoms with van der Waals surface area (Å²) < 4.78 is 8.11. The average Bonchev–Trinajstić information content (AvgIpc) is 3.26. The second kappa shape index (κ2) is 14.6. The summed E-state index contributed by atoms with van der Waals surface area (Å²) in [6.45, 7) is 18.1. The zero-order valence-electron chi connectivity index (χ0n) is 35.8. The molecule has 7 aromatic carbocycles. The first-order chi connectivity index (χ1) is 28.4. The molecule has 0 saturated heterocycles. The van der Waals surface area contributed by atoms with Crippen LogP contribution >= 0.6 is 0 Å². The molecule has 0 unspecified atom stereocenters. The highest BCUT2D eigenvalue weighted by Crippen LogP contribution is 2.43. The minimum atomic E-state index is 0.865. The summed E-state index contributed by atoms with van der Waals surface area (Å²) in [5, 5.41) is 0. The average molecular weight is 766 g/mol. The van der Waals surface area contributed by atoms with Gasteiger partial charge in [-0.1, -0.05) is 115 Å². The Balaban J connectivity index is 1.20. The van der Waals surface area contributed by atoms with E-state index in [-0.39, 0.29) is 0 Å². The number of nitrogens with zero attached hydrogens (tertiary/aromatic N) is 1. The first-order valence-corrected chi connectivity index (χ1v) is 20.6. The third kappa shape index (κ3) is 6.26. The standard InChI is InChI=1S/C57H51NO/c1-33-35(3)55-36(4)34(2)54(33)47-23-15-43(16-24-47)41-11-19-45(20-12-41)51-29-27-49(31-53(51)59-10)56-37(5)39(7)57(40(8)38(56)6)50-28-30-52(58(9)32-50)46-21-13-42(14-22-46)44-17-25-48(55)26-18-44/h11-32H,9H2,1-8,10H3. The van der Waals surface area contributed by atoms with Crippen molar-refractivity contribution in [2.24, 2.45) is 0 Å². The van der Waals surface area contributed by atoms with E-state index in [0.717, 1.165) is 39.3 Å². The van der Waals surface area contributed by atoms with Gasteiger partial charge in [-0.3, -0.25) is 0 Å². The maximum absolute atomic E-state index is 6.09. The Labute approximate surface area is 350 Å². The zero-order valence-corrected chi connectivity index (χ0v) is 35.8. The van der Waals surface area contributed by atoms with E-state index in [0.29, 0.717) is 0 Å². The molecule has 8 aromatic rings. The SMILES string of the molecule is [CH2-][n+]1cc2ccc1-c1ccc(cc1)-c1ccc(cc1)-c1c(C)c(C)c(c(C)c1C)-c1ccc(cc1)-c1ccc(cc1)-c1ccc(cc1OC)-c1c(C)c(C)c-2c(C)c1C. The predicted molar refractivity (Wildman–Crippen MR) is 249 cm³/mol. The molecule has 0 radical (unpaired) electrons. The van der Waals surface area contributed by atoms with E-state index in [9.17, 15) is 0 Å². The van der Waals surface area contributed by atoms with E-state index < -0.39 is 0 Å². The van der Waals surface area contributed by atoms with Gasteiger partial charge in [0.25, 0.3) is 0 Å². The summed E-state index contributed by atoms with van der Waals surface area (Å²) in [5.41, 5.74) is 29.6. The second-order valence-electron chi connectivity index (χ2n) is 16.5. The van der Waals surface area contributed by atoms with Crippen LogP contribution in [0.2, 0.25) is 0 Å². The fraction of sp³-hybridized carbons (Fsp3) is 0.158. The summed E-state index contributed by atoms with van der Waals surface area (Å²) in [5.74, 6) is 0.865. The molecule has 2 nitrogen and oxygen atoms in total. The second-order valence-corrected chi connectivity index (χ2v) is 16.5. The van der Waals surface area contributed by atoms with Crippen molar-refractivity contribution in [2.45, 2.75) is 55.4 Å². The van der Waals surface area contributed by atoms with Gasteiger partial charge in [0, 0.05) is 12.6 Å². The topological polar surface area (TPSA) is 13.1 Å². The molecule has 0 amide bonds. The van der Waals surface area contributed by atoms with Crippen LogP contribution in [0.1, 0.15) is 44.5 Å². The first-order valence-electron chi connectivity index (χ1n) is 20.6. The molecule has 11 aliphatic carbocycles. The summed E-state index contributed by atoms with van der Waals surface area (Å²) in [6.07, 6.45) is 2.18. The zero-order chi connectivity index (χ0) is 41.3. The van der Waals surface area contributed by atoms with E-state index in [2.05, 4.69) is 196 Å². The molecule has 0 fully saturated rings. The van der Waals surface area contributed by atoms with Crippen molar-refractivity contribution in [1.82, 2.24) is 0 Å². The van der Waals surface area contributed by atoms with Gasteiger partial charge in [-0.15, -0.1) is 0 Å². The van der Waals surface area contributed by atoms with E-state index in [1.54, 1.807) is 7.11 Å². The molecule has 2 heteroatoms. The highest BCUT2D eigenvalue weighted by Gasteiger charge is 2.21. The Morgan fingerprint density at radius 2 is 0.644 bits per heavy atom. The largest absolute Gasteiger partial charge is 0.496 e. The fourth-order valence-corrected chi connectivity index (χ4v) is 9.73. The van der Waals surface area contributed by atoms with Crippen LogP contribution in [0.4, 0.5) is 0 Å². The molecule has 30 rings (SSSR count). The number of rotatable bonds is 1. The molecule has 1 aromatic heterocycles. The normalized spacial score (nSPS) is 11.5. The van der Waals surface area contributed by atoms with Crippen LogP contribution in [0.5, 0.6) is 5.75 Å². The van der Waals surface area contributed by atoms with Gasteiger partial charge in [0.2, 0.25) is 0 Å². The Morgan fingerprint density at radius 1 is 0.339 bits per heavy atom. The van der Waals surface area contributed by atoms with E-state index >= 15 is 0 Å². The number of benzene rings is 7. The molecule has 290 valence electrons. The molecule has 22 aliphatic rings. The van der Waals surface area contributed by atoms with Crippen LogP contribution in [0.15, 0.2) is 134 Å². The van der Waals surface area contributed by atoms with Crippen molar-refractivity contribution < 1.29 is 9.30 Å². The van der Waals surface area contributed by atoms with Crippen molar-refractivity contribution >= 4 is 0 Å². The quantitative estimate of drug-likeness (QED) is 0.120. The van der Waals surface area contributed by atoms with Crippen molar-refractivity contribution in [3.05, 3.63) is 185 Å². The minimum Gasteiger partial charge on any atom is -0.496 e. The molecule has 11 aliphatic heterocycles. The van der Waals surface area contributed by atoms with Gasteiger partial charge >= 0.3 is 0 Å². The van der Waals surface area contributed by atoms with Crippen LogP contribution < -0.4 is 9.30 Å². The van der Waals surface area contributed by atoms with Gasteiger partial charge in [0.1, 0.15) is 11.4 Å². The Morgan fingerprint density at radius 3 is 1.03 bits per heavy atom. The lowest BCUT2D eigenvalue weighted by Gasteiger charge is -2.23. The molecule has 12 heterocycles. The number of methoxy groups -OCH3 is 1. The molecule has 0 saturated carbocycles. The van der Waals surface area contributed by atoms with Gasteiger partial charge in [0.05, 0.1) is 13.3 Å². The van der Waals surface area contributed by atoms with Crippen molar-refractivity contribution in [2.75, 3.05) is 7.11 Å². The highest BCUT2D eigenvalue weighted by molar-refractivity contribution is 5.87. The summed E-state index contributed by atoms with van der Waals surface area (Å²) in [4.78, 5) is 0. The van der Waals surface area contributed by atoms with Crippen LogP contribution in [0.25, 0.3) is 89.1 Å². The maximum atomic E-state index is 6.09. The van der Waals surface area contributed by atoms with Crippen LogP contribution in [0.3, 0.4) is 0 Å². The summed E-state index contributed by atoms with van der Waals surface area (Å²) in [6, 6.07) is 47.1. The lowest BCUT2D eigenvalue weighted by molar-refractivity contribution is -0.600. The highest BCUT2D eigenvalue weighted by atomic mass is 16.5. The number of pyridine rings is 1. The smallest absolute Gasteiger partial charge is 0.127 e. The molecular formula is C57H51NO. The van der Waals surface area contributed by atoms with Gasteiger partial charge in [-0.05, 0) is 190 Å². The van der Waals surface area contributed by atoms with Gasteiger partial charge in [0.15, 0.2) is 0 Å². The third-order valence-electron chi connectivity index (χ3n) is 13.4. The van der Waals surface area contributed by atoms with Crippen molar-refractivity contribution in [1.29, 1.82) is 0 Å². The summed E-state index contributed by atoms with van der Waals surface area (Å²) >= 11 is 0. The number of hydrogen-bond donors (Lipinski definition) is 0. The number of aromatic nitrogens is 1. The third-order valence-corrected chi connectivity index (χ3v) is 13.4. The molecule has 0 N–H and O–H groups in total. The van der Waals surface area contributed by atoms with E-state index in [1.165, 1.54) is 100 Å². The van der Waals surface area contributed by atoms with E-state index in [4.69, 9.17) is 4.74 Å². The van der Waals surface area contributed by atoms with E-state index in [1.807, 2.05) is 4.57 Å². The molecule has 16 bridgehead atoms. The summed E-state index contributed by atoms with van der Waals surface area (Å²) in [7, 11) is 6.25. The van der Waals surface area contributed by atoms with Crippen molar-refractivity contribution in [3.63, 3.8) is 0 Å². The monoisotopic (exact) mass is 765 g/mol. The predicted octanol–water partition coefficient (Wildman–Crippen LogP) is 14.7. The lowest BCUT2D eigenvalue weighted by atomic mass is 9.83. The van der Waals surface area contributed by atoms with Crippen LogP contribution in [0, 0.1) is 62.4 Å². The van der Waals surface area contributed by atoms with Gasteiger partial charge in [-0.25, -0.2) is 0 Å². The minimum absolute atomic E-state index is 0.865. The van der Waals surface area contributed by atoms with Gasteiger partial charge < -0.3 is 9.30 Å².